The number of primary amides is 1. The lowest BCUT2D eigenvalue weighted by Crippen LogP contribution is -2.74. The van der Waals surface area contributed by atoms with Crippen molar-refractivity contribution >= 4 is 46.4 Å². The van der Waals surface area contributed by atoms with E-state index < -0.39 is 64.4 Å². The molecule has 214 valence electrons. The number of likely N-dealkylation sites (tertiary alicyclic amines) is 1. The van der Waals surface area contributed by atoms with Gasteiger partial charge in [0.15, 0.2) is 34.7 Å². The number of hydrogen-bond donors (Lipinski definition) is 3. The minimum Gasteiger partial charge on any atom is -0.507 e. The van der Waals surface area contributed by atoms with Gasteiger partial charge in [-0.15, -0.1) is 0 Å². The van der Waals surface area contributed by atoms with E-state index in [0.29, 0.717) is 50.0 Å². The van der Waals surface area contributed by atoms with E-state index in [4.69, 9.17) is 17.3 Å². The van der Waals surface area contributed by atoms with Gasteiger partial charge in [0.2, 0.25) is 5.91 Å². The zero-order valence-electron chi connectivity index (χ0n) is 22.3. The molecule has 0 spiro atoms. The minimum absolute atomic E-state index is 0.0422. The molecule has 5 rings (SSSR count). The molecule has 0 radical (unpaired) electrons. The van der Waals surface area contributed by atoms with Gasteiger partial charge in [0.05, 0.1) is 17.5 Å². The van der Waals surface area contributed by atoms with Crippen molar-refractivity contribution in [2.24, 2.45) is 29.4 Å². The molecule has 12 heteroatoms. The van der Waals surface area contributed by atoms with Crippen molar-refractivity contribution < 1.29 is 39.0 Å². The van der Waals surface area contributed by atoms with Crippen LogP contribution in [-0.2, 0) is 36.9 Å². The van der Waals surface area contributed by atoms with Crippen LogP contribution in [0.1, 0.15) is 47.2 Å². The predicted molar refractivity (Wildman–Crippen MR) is 141 cm³/mol. The number of hydrogen-bond acceptors (Lipinski definition) is 10. The second kappa shape index (κ2) is 10.1. The highest BCUT2D eigenvalue weighted by Gasteiger charge is 2.69. The van der Waals surface area contributed by atoms with Gasteiger partial charge in [0.1, 0.15) is 11.5 Å². The molecule has 1 amide bonds. The number of aliphatic hydroxyl groups is 1. The zero-order valence-corrected chi connectivity index (χ0v) is 23.1. The standard InChI is InChI=1S/C28H32ClN3O8/c1-31(2)22-16-9-12-8-15-19(17(34)10-13(21(15)29)11-32-6-3-4-14(33)5-7-32)23(35)18(12)25(37)28(16,40)26(38)20(24(22)36)27(30)39/h10,12,16,18,20,22,34,40H,3-9,11H2,1-2H3,(H2,30,39). The Bertz CT molecular complexity index is 1360. The molecular weight excluding hydrogens is 542 g/mol. The third-order valence-corrected chi connectivity index (χ3v) is 9.57. The summed E-state index contributed by atoms with van der Waals surface area (Å²) in [5, 5.41) is 22.8. The van der Waals surface area contributed by atoms with Crippen LogP contribution in [0.5, 0.6) is 5.75 Å². The number of halogens is 1. The maximum Gasteiger partial charge on any atom is 0.235 e. The molecule has 1 aliphatic heterocycles. The highest BCUT2D eigenvalue weighted by Crippen LogP contribution is 2.51. The summed E-state index contributed by atoms with van der Waals surface area (Å²) in [6, 6.07) is 0.217. The lowest BCUT2D eigenvalue weighted by Gasteiger charge is -2.52. The van der Waals surface area contributed by atoms with Gasteiger partial charge >= 0.3 is 0 Å². The van der Waals surface area contributed by atoms with Crippen molar-refractivity contribution in [2.75, 3.05) is 27.2 Å². The lowest BCUT2D eigenvalue weighted by atomic mass is 9.52. The summed E-state index contributed by atoms with van der Waals surface area (Å²) in [5.74, 6) is -10.8. The number of rotatable bonds is 4. The Balaban J connectivity index is 1.54. The van der Waals surface area contributed by atoms with Crippen molar-refractivity contribution in [1.82, 2.24) is 9.80 Å². The van der Waals surface area contributed by atoms with Gasteiger partial charge in [0.25, 0.3) is 0 Å². The van der Waals surface area contributed by atoms with Gasteiger partial charge in [-0.1, -0.05) is 11.6 Å². The smallest absolute Gasteiger partial charge is 0.235 e. The summed E-state index contributed by atoms with van der Waals surface area (Å²) in [6.07, 6.45) is 1.70. The first-order valence-electron chi connectivity index (χ1n) is 13.4. The molecule has 1 aromatic rings. The molecular formula is C28H32ClN3O8. The Kier molecular flexibility index (Phi) is 7.23. The lowest BCUT2D eigenvalue weighted by molar-refractivity contribution is -0.181. The number of carbonyl (C=O) groups excluding carboxylic acids is 6. The third-order valence-electron chi connectivity index (χ3n) is 9.10. The topological polar surface area (TPSA) is 175 Å². The number of phenolic OH excluding ortho intramolecular Hbond substituents is 1. The van der Waals surface area contributed by atoms with Crippen molar-refractivity contribution in [2.45, 2.75) is 50.3 Å². The Hall–Kier alpha value is -2.99. The number of fused-ring (bicyclic) bond motifs is 3. The summed E-state index contributed by atoms with van der Waals surface area (Å²) < 4.78 is 0. The number of ketones is 5. The van der Waals surface area contributed by atoms with Crippen LogP contribution in [0.15, 0.2) is 6.07 Å². The van der Waals surface area contributed by atoms with Gasteiger partial charge in [-0.05, 0) is 63.0 Å². The molecule has 2 saturated carbocycles. The van der Waals surface area contributed by atoms with E-state index in [1.54, 1.807) is 0 Å². The monoisotopic (exact) mass is 573 g/mol. The number of likely N-dealkylation sites (N-methyl/N-ethyl adjacent to an activating group) is 1. The molecule has 40 heavy (non-hydrogen) atoms. The Labute approximate surface area is 235 Å². The molecule has 6 unspecified atom stereocenters. The third kappa shape index (κ3) is 4.22. The van der Waals surface area contributed by atoms with E-state index in [1.807, 2.05) is 0 Å². The first-order valence-corrected chi connectivity index (χ1v) is 13.8. The molecule has 1 aromatic carbocycles. The number of aromatic hydroxyl groups is 1. The van der Waals surface area contributed by atoms with Crippen molar-refractivity contribution in [3.05, 3.63) is 27.8 Å². The number of carbonyl (C=O) groups is 6. The van der Waals surface area contributed by atoms with Crippen LogP contribution in [0.3, 0.4) is 0 Å². The number of nitrogens with two attached hydrogens (primary N) is 1. The molecule has 11 nitrogen and oxygen atoms in total. The first-order chi connectivity index (χ1) is 18.8. The quantitative estimate of drug-likeness (QED) is 0.418. The summed E-state index contributed by atoms with van der Waals surface area (Å²) in [5.41, 5.74) is 3.39. The van der Waals surface area contributed by atoms with E-state index >= 15 is 0 Å². The molecule has 0 bridgehead atoms. The maximum absolute atomic E-state index is 13.9. The summed E-state index contributed by atoms with van der Waals surface area (Å²) in [4.78, 5) is 81.5. The highest BCUT2D eigenvalue weighted by atomic mass is 35.5. The fourth-order valence-corrected chi connectivity index (χ4v) is 7.53. The second-order valence-corrected chi connectivity index (χ2v) is 12.1. The highest BCUT2D eigenvalue weighted by molar-refractivity contribution is 6.34. The molecule has 3 aliphatic carbocycles. The van der Waals surface area contributed by atoms with Gasteiger partial charge in [0, 0.05) is 36.9 Å². The minimum atomic E-state index is -2.76. The van der Waals surface area contributed by atoms with Crippen LogP contribution in [0.25, 0.3) is 0 Å². The maximum atomic E-state index is 13.9. The molecule has 6 atom stereocenters. The van der Waals surface area contributed by atoms with E-state index in [-0.39, 0.29) is 35.0 Å². The predicted octanol–water partition coefficient (Wildman–Crippen LogP) is 0.0754. The number of benzene rings is 1. The second-order valence-electron chi connectivity index (χ2n) is 11.7. The van der Waals surface area contributed by atoms with Crippen LogP contribution >= 0.6 is 11.6 Å². The van der Waals surface area contributed by atoms with Crippen LogP contribution in [0.2, 0.25) is 5.02 Å². The fraction of sp³-hybridized carbons (Fsp3) is 0.571. The van der Waals surface area contributed by atoms with Crippen molar-refractivity contribution in [3.8, 4) is 5.75 Å². The van der Waals surface area contributed by atoms with E-state index in [1.165, 1.54) is 25.1 Å². The van der Waals surface area contributed by atoms with Crippen molar-refractivity contribution in [1.29, 1.82) is 0 Å². The van der Waals surface area contributed by atoms with Gasteiger partial charge < -0.3 is 15.9 Å². The molecule has 1 heterocycles. The number of phenols is 1. The average molecular weight is 574 g/mol. The van der Waals surface area contributed by atoms with Crippen LogP contribution < -0.4 is 5.73 Å². The number of Topliss-reactive ketones (excluding diaryl/α,β-unsaturated/α-hetero) is 5. The molecule has 0 aromatic heterocycles. The van der Waals surface area contributed by atoms with Crippen LogP contribution in [0.4, 0.5) is 0 Å². The largest absolute Gasteiger partial charge is 0.507 e. The van der Waals surface area contributed by atoms with Crippen LogP contribution in [0, 0.1) is 23.7 Å². The van der Waals surface area contributed by atoms with E-state index in [0.717, 1.165) is 0 Å². The number of nitrogens with zero attached hydrogens (tertiary/aromatic N) is 2. The number of amides is 1. The zero-order chi connectivity index (χ0) is 29.3. The SMILES string of the molecule is CN(C)C1C(=O)C(C(N)=O)C(=O)C2(O)C(=O)C3C(=O)c4c(O)cc(CN5CCCC(=O)CC5)c(Cl)c4CC3CC12. The van der Waals surface area contributed by atoms with Gasteiger partial charge in [-0.25, -0.2) is 0 Å². The summed E-state index contributed by atoms with van der Waals surface area (Å²) >= 11 is 6.81. The Morgan fingerprint density at radius 2 is 1.85 bits per heavy atom. The van der Waals surface area contributed by atoms with E-state index in [2.05, 4.69) is 4.90 Å². The summed E-state index contributed by atoms with van der Waals surface area (Å²) in [7, 11) is 3.07. The average Bonchev–Trinajstić information content (AvgIpc) is 3.07. The van der Waals surface area contributed by atoms with Crippen LogP contribution in [-0.4, -0.2) is 93.7 Å². The van der Waals surface area contributed by atoms with Crippen molar-refractivity contribution in [3.63, 3.8) is 0 Å². The fourth-order valence-electron chi connectivity index (χ4n) is 7.24. The molecule has 4 N–H and O–H groups in total. The van der Waals surface area contributed by atoms with E-state index in [9.17, 15) is 39.0 Å². The molecule has 1 saturated heterocycles. The summed E-state index contributed by atoms with van der Waals surface area (Å²) in [6.45, 7) is 1.58. The molecule has 3 fully saturated rings. The first kappa shape index (κ1) is 28.5. The Morgan fingerprint density at radius 1 is 1.15 bits per heavy atom. The molecule has 4 aliphatic rings. The van der Waals surface area contributed by atoms with Gasteiger partial charge in [-0.2, -0.15) is 0 Å². The van der Waals surface area contributed by atoms with Gasteiger partial charge in [-0.3, -0.25) is 38.6 Å². The Morgan fingerprint density at radius 3 is 2.50 bits per heavy atom. The normalized spacial score (nSPS) is 32.9.